The molecule has 10 heteroatoms. The zero-order chi connectivity index (χ0) is 36.5. The highest BCUT2D eigenvalue weighted by atomic mass is 32.1. The van der Waals surface area contributed by atoms with Gasteiger partial charge in [-0.2, -0.15) is 10.5 Å². The van der Waals surface area contributed by atoms with Gasteiger partial charge >= 0.3 is 0 Å². The molecule has 8 aromatic rings. The SMILES string of the molecule is CCCC(C)COc1ccc(-c2[nH]/c(=C(/C#N)c3nc4ccccc4s3)c3c(-c4ccc(OC)cc4)[nH]/c(=C(/C#N)c4nc5ccccc5s4)c23)cc1. The van der Waals surface area contributed by atoms with Crippen LogP contribution in [0.25, 0.3) is 64.9 Å². The fraction of sp³-hybridized carbons (Fsp3) is 0.163. The fourth-order valence-corrected chi connectivity index (χ4v) is 8.66. The van der Waals surface area contributed by atoms with Crippen molar-refractivity contribution in [3.05, 3.63) is 118 Å². The Bertz CT molecular complexity index is 2670. The van der Waals surface area contributed by atoms with Crippen molar-refractivity contribution >= 4 is 65.0 Å². The molecule has 8 rings (SSSR count). The van der Waals surface area contributed by atoms with Crippen LogP contribution in [0.4, 0.5) is 0 Å². The Morgan fingerprint density at radius 1 is 0.698 bits per heavy atom. The van der Waals surface area contributed by atoms with Crippen LogP contribution in [-0.2, 0) is 0 Å². The van der Waals surface area contributed by atoms with Gasteiger partial charge in [-0.15, -0.1) is 22.7 Å². The number of nitrogens with zero attached hydrogens (tertiary/aromatic N) is 4. The van der Waals surface area contributed by atoms with Crippen LogP contribution in [0.5, 0.6) is 11.5 Å². The Labute approximate surface area is 313 Å². The molecule has 0 saturated carbocycles. The van der Waals surface area contributed by atoms with Crippen LogP contribution in [0.2, 0.25) is 0 Å². The molecule has 0 aliphatic heterocycles. The number of thiazole rings is 2. The van der Waals surface area contributed by atoms with E-state index in [-0.39, 0.29) is 0 Å². The number of para-hydroxylation sites is 2. The molecule has 4 aromatic heterocycles. The van der Waals surface area contributed by atoms with E-state index in [1.54, 1.807) is 7.11 Å². The number of fused-ring (bicyclic) bond motifs is 3. The molecule has 0 radical (unpaired) electrons. The molecule has 53 heavy (non-hydrogen) atoms. The number of aromatic nitrogens is 4. The molecule has 1 unspecified atom stereocenters. The summed E-state index contributed by atoms with van der Waals surface area (Å²) in [6.07, 6.45) is 2.22. The molecule has 1 atom stereocenters. The molecular formula is C43H34N6O2S2. The highest BCUT2D eigenvalue weighted by molar-refractivity contribution is 7.20. The van der Waals surface area contributed by atoms with E-state index in [1.807, 2.05) is 97.1 Å². The minimum absolute atomic E-state index is 0.408. The first-order valence-electron chi connectivity index (χ1n) is 17.4. The van der Waals surface area contributed by atoms with E-state index >= 15 is 0 Å². The van der Waals surface area contributed by atoms with E-state index in [0.29, 0.717) is 44.4 Å². The van der Waals surface area contributed by atoms with E-state index < -0.39 is 0 Å². The van der Waals surface area contributed by atoms with Gasteiger partial charge in [0.1, 0.15) is 44.8 Å². The normalized spacial score (nSPS) is 13.2. The summed E-state index contributed by atoms with van der Waals surface area (Å²) in [6, 6.07) is 36.5. The van der Waals surface area contributed by atoms with Crippen LogP contribution in [0.1, 0.15) is 36.7 Å². The summed E-state index contributed by atoms with van der Waals surface area (Å²) in [5.41, 5.74) is 5.72. The highest BCUT2D eigenvalue weighted by Gasteiger charge is 2.24. The second-order valence-electron chi connectivity index (χ2n) is 12.9. The van der Waals surface area contributed by atoms with E-state index in [2.05, 4.69) is 36.0 Å². The van der Waals surface area contributed by atoms with E-state index in [4.69, 9.17) is 19.4 Å². The number of nitrogens with one attached hydrogen (secondary N) is 2. The van der Waals surface area contributed by atoms with Gasteiger partial charge in [-0.1, -0.05) is 44.5 Å². The maximum absolute atomic E-state index is 10.9. The molecule has 4 aromatic carbocycles. The lowest BCUT2D eigenvalue weighted by Gasteiger charge is -2.12. The van der Waals surface area contributed by atoms with E-state index in [1.165, 1.54) is 22.7 Å². The van der Waals surface area contributed by atoms with Gasteiger partial charge in [0.25, 0.3) is 0 Å². The topological polar surface area (TPSA) is 123 Å². The third-order valence-corrected chi connectivity index (χ3v) is 11.4. The van der Waals surface area contributed by atoms with Gasteiger partial charge in [-0.25, -0.2) is 9.97 Å². The lowest BCUT2D eigenvalue weighted by molar-refractivity contribution is 0.251. The summed E-state index contributed by atoms with van der Waals surface area (Å²) >= 11 is 2.95. The summed E-state index contributed by atoms with van der Waals surface area (Å²) in [6.45, 7) is 5.03. The van der Waals surface area contributed by atoms with Crippen molar-refractivity contribution in [2.45, 2.75) is 26.7 Å². The third kappa shape index (κ3) is 6.33. The number of hydrogen-bond donors (Lipinski definition) is 2. The van der Waals surface area contributed by atoms with Crippen LogP contribution in [0.15, 0.2) is 97.1 Å². The number of methoxy groups -OCH3 is 1. The largest absolute Gasteiger partial charge is 0.497 e. The maximum Gasteiger partial charge on any atom is 0.137 e. The zero-order valence-electron chi connectivity index (χ0n) is 29.4. The lowest BCUT2D eigenvalue weighted by Crippen LogP contribution is -2.10. The monoisotopic (exact) mass is 730 g/mol. The molecule has 8 nitrogen and oxygen atoms in total. The molecule has 2 N–H and O–H groups in total. The predicted octanol–water partition coefficient (Wildman–Crippen LogP) is 9.32. The summed E-state index contributed by atoms with van der Waals surface area (Å²) in [7, 11) is 1.64. The third-order valence-electron chi connectivity index (χ3n) is 9.33. The smallest absolute Gasteiger partial charge is 0.137 e. The van der Waals surface area contributed by atoms with Crippen molar-refractivity contribution in [1.82, 2.24) is 19.9 Å². The molecule has 0 aliphatic carbocycles. The second-order valence-corrected chi connectivity index (χ2v) is 15.0. The predicted molar refractivity (Wildman–Crippen MR) is 214 cm³/mol. The number of ether oxygens (including phenoxy) is 2. The van der Waals surface area contributed by atoms with Crippen molar-refractivity contribution < 1.29 is 9.47 Å². The van der Waals surface area contributed by atoms with E-state index in [0.717, 1.165) is 78.1 Å². The number of nitriles is 2. The van der Waals surface area contributed by atoms with Gasteiger partial charge in [0.15, 0.2) is 0 Å². The molecule has 0 amide bonds. The van der Waals surface area contributed by atoms with Gasteiger partial charge in [-0.3, -0.25) is 0 Å². The van der Waals surface area contributed by atoms with Crippen molar-refractivity contribution in [1.29, 1.82) is 10.5 Å². The first-order valence-corrected chi connectivity index (χ1v) is 19.0. The molecule has 0 spiro atoms. The average Bonchev–Trinajstić information content (AvgIpc) is 3.98. The van der Waals surface area contributed by atoms with Crippen LogP contribution in [0, 0.1) is 28.6 Å². The van der Waals surface area contributed by atoms with Crippen LogP contribution in [-0.4, -0.2) is 33.7 Å². The maximum atomic E-state index is 10.9. The number of rotatable bonds is 10. The quantitative estimate of drug-likeness (QED) is 0.145. The Kier molecular flexibility index (Phi) is 9.24. The minimum atomic E-state index is 0.408. The minimum Gasteiger partial charge on any atom is -0.497 e. The van der Waals surface area contributed by atoms with Crippen molar-refractivity contribution in [2.75, 3.05) is 13.7 Å². The van der Waals surface area contributed by atoms with Crippen LogP contribution >= 0.6 is 22.7 Å². The first-order chi connectivity index (χ1) is 26.0. The molecule has 0 bridgehead atoms. The van der Waals surface area contributed by atoms with Gasteiger partial charge in [-0.05, 0) is 96.3 Å². The average molecular weight is 731 g/mol. The van der Waals surface area contributed by atoms with Crippen molar-refractivity contribution in [3.8, 4) is 46.2 Å². The van der Waals surface area contributed by atoms with Crippen LogP contribution in [0.3, 0.4) is 0 Å². The standard InChI is InChI=1S/C43H34N6O2S2/c1-4-9-25(2)24-51-29-20-16-27(17-21-29)39-37-36(40(49-39)30(22-44)42-46-32-10-5-7-12-34(32)52-42)38(26-14-18-28(50-3)19-15-26)48-41(37)31(23-45)43-47-33-11-6-8-13-35(33)53-43/h5-8,10-21,25,48-49H,4,9,24H2,1-3H3/b40-30-,41-31-. The number of H-pyrrole nitrogens is 2. The lowest BCUT2D eigenvalue weighted by atomic mass is 10.0. The molecule has 4 heterocycles. The molecule has 0 fully saturated rings. The molecule has 0 aliphatic rings. The highest BCUT2D eigenvalue weighted by Crippen LogP contribution is 2.35. The Balaban J connectivity index is 1.46. The number of hydrogen-bond acceptors (Lipinski definition) is 8. The Hall–Kier alpha value is -6.20. The zero-order valence-corrected chi connectivity index (χ0v) is 31.0. The Morgan fingerprint density at radius 2 is 1.17 bits per heavy atom. The summed E-state index contributed by atoms with van der Waals surface area (Å²) < 4.78 is 13.6. The van der Waals surface area contributed by atoms with Gasteiger partial charge < -0.3 is 19.4 Å². The summed E-state index contributed by atoms with van der Waals surface area (Å²) in [4.78, 5) is 17.1. The first kappa shape index (κ1) is 33.9. The Morgan fingerprint density at radius 3 is 1.60 bits per heavy atom. The number of aromatic amines is 2. The second kappa shape index (κ2) is 14.4. The van der Waals surface area contributed by atoms with Crippen molar-refractivity contribution in [2.24, 2.45) is 5.92 Å². The van der Waals surface area contributed by atoms with Crippen LogP contribution < -0.4 is 20.2 Å². The van der Waals surface area contributed by atoms with Gasteiger partial charge in [0.2, 0.25) is 0 Å². The molecule has 260 valence electrons. The fourth-order valence-electron chi connectivity index (χ4n) is 6.73. The molecule has 0 saturated heterocycles. The van der Waals surface area contributed by atoms with Crippen molar-refractivity contribution in [3.63, 3.8) is 0 Å². The number of benzene rings is 4. The summed E-state index contributed by atoms with van der Waals surface area (Å²) in [5.74, 6) is 1.95. The van der Waals surface area contributed by atoms with Gasteiger partial charge in [0.05, 0.1) is 56.2 Å². The van der Waals surface area contributed by atoms with E-state index in [9.17, 15) is 10.5 Å². The van der Waals surface area contributed by atoms with Gasteiger partial charge in [0, 0.05) is 10.8 Å². The molecular weight excluding hydrogens is 697 g/mol. The summed E-state index contributed by atoms with van der Waals surface area (Å²) in [5, 5.41) is 25.7.